The van der Waals surface area contributed by atoms with Gasteiger partial charge in [-0.3, -0.25) is 9.48 Å². The van der Waals surface area contributed by atoms with Crippen LogP contribution in [0.2, 0.25) is 0 Å². The summed E-state index contributed by atoms with van der Waals surface area (Å²) < 4.78 is 1.52. The summed E-state index contributed by atoms with van der Waals surface area (Å²) in [6.07, 6.45) is -1.33. The number of carbonyl (C=O) groups is 2. The van der Waals surface area contributed by atoms with Crippen molar-refractivity contribution in [3.05, 3.63) is 17.0 Å². The van der Waals surface area contributed by atoms with Gasteiger partial charge in [-0.2, -0.15) is 10.2 Å². The summed E-state index contributed by atoms with van der Waals surface area (Å²) in [4.78, 5) is 24.9. The predicted octanol–water partition coefficient (Wildman–Crippen LogP) is -0.258. The topological polar surface area (TPSA) is 111 Å². The maximum absolute atomic E-state index is 12.5. The van der Waals surface area contributed by atoms with Gasteiger partial charge in [-0.1, -0.05) is 0 Å². The van der Waals surface area contributed by atoms with E-state index in [1.54, 1.807) is 6.92 Å². The Labute approximate surface area is 126 Å². The first-order valence-electron chi connectivity index (χ1n) is 6.98. The van der Waals surface area contributed by atoms with E-state index < -0.39 is 12.2 Å². The third-order valence-electron chi connectivity index (χ3n) is 3.94. The second-order valence-electron chi connectivity index (χ2n) is 5.48. The number of rotatable bonds is 1. The number of aliphatic hydroxyl groups excluding tert-OH is 1. The van der Waals surface area contributed by atoms with Gasteiger partial charge in [0.1, 0.15) is 5.69 Å². The summed E-state index contributed by atoms with van der Waals surface area (Å²) in [5, 5.41) is 28.6. The molecule has 0 saturated carbocycles. The number of aromatic nitrogens is 2. The van der Waals surface area contributed by atoms with E-state index in [1.165, 1.54) is 21.6 Å². The second kappa shape index (κ2) is 5.09. The Kier molecular flexibility index (Phi) is 3.36. The molecule has 9 nitrogen and oxygen atoms in total. The van der Waals surface area contributed by atoms with Crippen LogP contribution in [0.3, 0.4) is 0 Å². The van der Waals surface area contributed by atoms with Gasteiger partial charge in [0, 0.05) is 25.6 Å². The second-order valence-corrected chi connectivity index (χ2v) is 5.48. The summed E-state index contributed by atoms with van der Waals surface area (Å²) in [6.45, 7) is 2.30. The van der Waals surface area contributed by atoms with E-state index in [0.29, 0.717) is 29.9 Å². The minimum Gasteiger partial charge on any atom is -0.465 e. The van der Waals surface area contributed by atoms with E-state index in [0.717, 1.165) is 5.69 Å². The molecule has 9 heteroatoms. The molecule has 0 aromatic carbocycles. The van der Waals surface area contributed by atoms with Gasteiger partial charge in [0.2, 0.25) is 0 Å². The molecular formula is C13H17N5O4. The molecule has 2 aliphatic heterocycles. The fourth-order valence-electron chi connectivity index (χ4n) is 2.74. The molecule has 3 heterocycles. The van der Waals surface area contributed by atoms with Crippen molar-refractivity contribution in [2.45, 2.75) is 32.5 Å². The maximum Gasteiger partial charge on any atom is 0.407 e. The number of hydrogen-bond donors (Lipinski definition) is 2. The molecule has 1 aromatic rings. The fraction of sp³-hybridized carbons (Fsp3) is 0.538. The van der Waals surface area contributed by atoms with Crippen LogP contribution in [0, 0.1) is 0 Å². The summed E-state index contributed by atoms with van der Waals surface area (Å²) in [5.74, 6) is -0.350. The number of hydrazone groups is 1. The smallest absolute Gasteiger partial charge is 0.407 e. The van der Waals surface area contributed by atoms with Crippen LogP contribution in [0.15, 0.2) is 5.10 Å². The Balaban J connectivity index is 2.06. The number of nitrogens with zero attached hydrogens (tertiary/aromatic N) is 5. The van der Waals surface area contributed by atoms with E-state index in [-0.39, 0.29) is 19.0 Å². The highest BCUT2D eigenvalue weighted by molar-refractivity contribution is 5.98. The average Bonchev–Trinajstić information content (AvgIpc) is 2.76. The van der Waals surface area contributed by atoms with Crippen molar-refractivity contribution in [3.8, 4) is 0 Å². The molecular weight excluding hydrogens is 290 g/mol. The van der Waals surface area contributed by atoms with Crippen molar-refractivity contribution in [2.75, 3.05) is 13.6 Å². The van der Waals surface area contributed by atoms with E-state index in [1.807, 2.05) is 0 Å². The van der Waals surface area contributed by atoms with Crippen molar-refractivity contribution in [1.82, 2.24) is 19.7 Å². The molecule has 0 saturated heterocycles. The lowest BCUT2D eigenvalue weighted by molar-refractivity contribution is 0.0788. The average molecular weight is 307 g/mol. The molecule has 0 aliphatic carbocycles. The van der Waals surface area contributed by atoms with Crippen LogP contribution in [0.1, 0.15) is 28.7 Å². The van der Waals surface area contributed by atoms with Crippen LogP contribution in [0.5, 0.6) is 0 Å². The molecule has 1 atom stereocenters. The van der Waals surface area contributed by atoms with Gasteiger partial charge in [-0.15, -0.1) is 0 Å². The molecule has 118 valence electrons. The molecule has 0 spiro atoms. The zero-order valence-corrected chi connectivity index (χ0v) is 12.4. The summed E-state index contributed by atoms with van der Waals surface area (Å²) in [5.41, 5.74) is 2.15. The lowest BCUT2D eigenvalue weighted by Gasteiger charge is -2.24. The maximum atomic E-state index is 12.5. The van der Waals surface area contributed by atoms with E-state index in [4.69, 9.17) is 5.11 Å². The highest BCUT2D eigenvalue weighted by Crippen LogP contribution is 2.25. The number of aliphatic hydroxyl groups is 1. The molecule has 2 amide bonds. The van der Waals surface area contributed by atoms with E-state index in [2.05, 4.69) is 10.2 Å². The molecule has 0 fully saturated rings. The number of amides is 2. The zero-order valence-electron chi connectivity index (χ0n) is 12.4. The highest BCUT2D eigenvalue weighted by atomic mass is 16.4. The van der Waals surface area contributed by atoms with Crippen LogP contribution >= 0.6 is 0 Å². The van der Waals surface area contributed by atoms with Crippen molar-refractivity contribution in [3.63, 3.8) is 0 Å². The third-order valence-corrected chi connectivity index (χ3v) is 3.94. The minimum atomic E-state index is -1.01. The minimum absolute atomic E-state index is 0.142. The Morgan fingerprint density at radius 2 is 2.09 bits per heavy atom. The predicted molar refractivity (Wildman–Crippen MR) is 75.6 cm³/mol. The third kappa shape index (κ3) is 2.23. The normalized spacial score (nSPS) is 19.2. The van der Waals surface area contributed by atoms with E-state index in [9.17, 15) is 14.7 Å². The standard InChI is InChI=1S/C13H17N5O4/c1-7(19)10-6-18-11(12(20)16(2)14-10)8-5-17(13(21)22)4-3-9(8)15-18/h7,19H,3-6H2,1-2H3,(H,21,22). The Morgan fingerprint density at radius 1 is 1.36 bits per heavy atom. The van der Waals surface area contributed by atoms with Crippen LogP contribution in [-0.2, 0) is 19.5 Å². The van der Waals surface area contributed by atoms with Crippen LogP contribution < -0.4 is 0 Å². The van der Waals surface area contributed by atoms with Crippen LogP contribution in [0.4, 0.5) is 4.79 Å². The Hall–Kier alpha value is -2.42. The Bertz CT molecular complexity index is 678. The summed E-state index contributed by atoms with van der Waals surface area (Å²) in [6, 6.07) is 0. The molecule has 1 unspecified atom stereocenters. The van der Waals surface area contributed by atoms with Gasteiger partial charge < -0.3 is 15.1 Å². The van der Waals surface area contributed by atoms with Gasteiger partial charge in [-0.05, 0) is 6.92 Å². The number of carbonyl (C=O) groups excluding carboxylic acids is 1. The first-order chi connectivity index (χ1) is 10.4. The number of carboxylic acid groups (broad SMARTS) is 1. The van der Waals surface area contributed by atoms with E-state index >= 15 is 0 Å². The van der Waals surface area contributed by atoms with Gasteiger partial charge >= 0.3 is 6.09 Å². The molecule has 2 aliphatic rings. The molecule has 2 N–H and O–H groups in total. The molecule has 3 rings (SSSR count). The van der Waals surface area contributed by atoms with Gasteiger partial charge in [-0.25, -0.2) is 9.80 Å². The molecule has 0 bridgehead atoms. The van der Waals surface area contributed by atoms with Crippen molar-refractivity contribution >= 4 is 17.7 Å². The van der Waals surface area contributed by atoms with Crippen LogP contribution in [0.25, 0.3) is 0 Å². The summed E-state index contributed by atoms with van der Waals surface area (Å²) >= 11 is 0. The highest BCUT2D eigenvalue weighted by Gasteiger charge is 2.33. The molecule has 1 aromatic heterocycles. The lowest BCUT2D eigenvalue weighted by atomic mass is 10.1. The monoisotopic (exact) mass is 307 g/mol. The first kappa shape index (κ1) is 14.5. The number of fused-ring (bicyclic) bond motifs is 3. The quantitative estimate of drug-likeness (QED) is 0.742. The fourth-order valence-corrected chi connectivity index (χ4v) is 2.74. The van der Waals surface area contributed by atoms with Gasteiger partial charge in [0.05, 0.1) is 30.6 Å². The van der Waals surface area contributed by atoms with Crippen molar-refractivity contribution in [2.24, 2.45) is 5.10 Å². The first-order valence-corrected chi connectivity index (χ1v) is 6.98. The lowest BCUT2D eigenvalue weighted by Crippen LogP contribution is -2.35. The largest absolute Gasteiger partial charge is 0.465 e. The summed E-state index contributed by atoms with van der Waals surface area (Å²) in [7, 11) is 1.51. The Morgan fingerprint density at radius 3 is 2.73 bits per heavy atom. The molecule has 0 radical (unpaired) electrons. The van der Waals surface area contributed by atoms with Crippen LogP contribution in [-0.4, -0.2) is 67.3 Å². The molecule has 22 heavy (non-hydrogen) atoms. The number of hydrogen-bond acceptors (Lipinski definition) is 5. The van der Waals surface area contributed by atoms with Crippen molar-refractivity contribution < 1.29 is 19.8 Å². The van der Waals surface area contributed by atoms with Gasteiger partial charge in [0.15, 0.2) is 0 Å². The SMILES string of the molecule is CC(O)C1=NN(C)C(=O)c2c3c(nn2C1)CCN(C(=O)O)C3. The zero-order chi connectivity index (χ0) is 16.0. The van der Waals surface area contributed by atoms with Gasteiger partial charge in [0.25, 0.3) is 5.91 Å². The van der Waals surface area contributed by atoms with Crippen molar-refractivity contribution in [1.29, 1.82) is 0 Å².